The summed E-state index contributed by atoms with van der Waals surface area (Å²) in [5, 5.41) is 10.0. The van der Waals surface area contributed by atoms with Gasteiger partial charge in [0.05, 0.1) is 0 Å². The monoisotopic (exact) mass is 332 g/mol. The third-order valence-corrected chi connectivity index (χ3v) is 4.36. The maximum Gasteiger partial charge on any atom is 0.284 e. The Morgan fingerprint density at radius 1 is 0.833 bits per heavy atom. The molecule has 116 valence electrons. The first-order chi connectivity index (χ1) is 11.8. The Bertz CT molecular complexity index is 1010. The van der Waals surface area contributed by atoms with Crippen LogP contribution in [0.5, 0.6) is 0 Å². The van der Waals surface area contributed by atoms with Gasteiger partial charge in [-0.15, -0.1) is 10.2 Å². The molecule has 0 amide bonds. The molecule has 1 heterocycles. The Morgan fingerprint density at radius 2 is 1.58 bits per heavy atom. The lowest BCUT2D eigenvalue weighted by Gasteiger charge is -2.03. The minimum absolute atomic E-state index is 0.116. The van der Waals surface area contributed by atoms with Gasteiger partial charge in [0, 0.05) is 22.9 Å². The van der Waals surface area contributed by atoms with E-state index in [9.17, 15) is 4.79 Å². The minimum Gasteiger partial charge on any atom is -0.411 e. The van der Waals surface area contributed by atoms with E-state index in [0.29, 0.717) is 11.5 Å². The van der Waals surface area contributed by atoms with E-state index in [1.54, 1.807) is 0 Å². The molecule has 4 rings (SSSR count). The number of hydrogen-bond acceptors (Lipinski definition) is 5. The van der Waals surface area contributed by atoms with Crippen LogP contribution in [0, 0.1) is 0 Å². The number of benzene rings is 3. The quantitative estimate of drug-likeness (QED) is 0.503. The highest BCUT2D eigenvalue weighted by Gasteiger charge is 2.16. The molecule has 0 aliphatic rings. The molecule has 0 unspecified atom stereocenters. The second kappa shape index (κ2) is 6.29. The third-order valence-electron chi connectivity index (χ3n) is 3.62. The molecule has 4 aromatic rings. The predicted molar refractivity (Wildman–Crippen MR) is 93.9 cm³/mol. The first kappa shape index (κ1) is 14.7. The molecule has 0 saturated carbocycles. The van der Waals surface area contributed by atoms with Gasteiger partial charge < -0.3 is 4.42 Å². The van der Waals surface area contributed by atoms with Crippen LogP contribution in [0.3, 0.4) is 0 Å². The number of carbonyl (C=O) groups excluding carboxylic acids is 1. The summed E-state index contributed by atoms with van der Waals surface area (Å²) in [6, 6.07) is 22.9. The molecule has 5 heteroatoms. The second-order valence-corrected chi connectivity index (χ2v) is 6.08. The first-order valence-corrected chi connectivity index (χ1v) is 8.22. The van der Waals surface area contributed by atoms with E-state index in [1.165, 1.54) is 0 Å². The summed E-state index contributed by atoms with van der Waals surface area (Å²) in [6.45, 7) is 0. The molecule has 0 N–H and O–H groups in total. The van der Waals surface area contributed by atoms with Crippen LogP contribution < -0.4 is 0 Å². The van der Waals surface area contributed by atoms with Crippen molar-refractivity contribution in [2.75, 3.05) is 0 Å². The van der Waals surface area contributed by atoms with Crippen LogP contribution in [0.4, 0.5) is 0 Å². The van der Waals surface area contributed by atoms with Crippen LogP contribution >= 0.6 is 11.8 Å². The van der Waals surface area contributed by atoms with Gasteiger partial charge >= 0.3 is 0 Å². The fourth-order valence-electron chi connectivity index (χ4n) is 2.49. The van der Waals surface area contributed by atoms with Crippen LogP contribution in [0.15, 0.2) is 82.4 Å². The molecule has 0 atom stereocenters. The summed E-state index contributed by atoms with van der Waals surface area (Å²) in [5.74, 6) is 0.406. The van der Waals surface area contributed by atoms with Crippen LogP contribution in [-0.2, 0) is 0 Å². The van der Waals surface area contributed by atoms with E-state index >= 15 is 0 Å². The molecule has 4 nitrogen and oxygen atoms in total. The fourth-order valence-corrected chi connectivity index (χ4v) is 3.13. The van der Waals surface area contributed by atoms with E-state index in [4.69, 9.17) is 4.42 Å². The van der Waals surface area contributed by atoms with Gasteiger partial charge in [-0.25, -0.2) is 0 Å². The van der Waals surface area contributed by atoms with Gasteiger partial charge in [0.25, 0.3) is 5.22 Å². The number of aromatic nitrogens is 2. The van der Waals surface area contributed by atoms with Gasteiger partial charge in [-0.05, 0) is 29.0 Å². The van der Waals surface area contributed by atoms with Gasteiger partial charge in [0.15, 0.2) is 0 Å². The zero-order chi connectivity index (χ0) is 16.4. The normalized spacial score (nSPS) is 10.8. The molecule has 3 aromatic carbocycles. The Labute approximate surface area is 142 Å². The lowest BCUT2D eigenvalue weighted by molar-refractivity contribution is 0.108. The van der Waals surface area contributed by atoms with E-state index in [-0.39, 0.29) is 10.3 Å². The van der Waals surface area contributed by atoms with Gasteiger partial charge in [0.1, 0.15) is 0 Å². The summed E-state index contributed by atoms with van der Waals surface area (Å²) in [5.41, 5.74) is 1.46. The molecule has 0 radical (unpaired) electrons. The van der Waals surface area contributed by atoms with E-state index < -0.39 is 0 Å². The highest BCUT2D eigenvalue weighted by atomic mass is 32.2. The fraction of sp³-hybridized carbons (Fsp3) is 0. The molecule has 0 fully saturated rings. The number of nitrogens with zero attached hydrogens (tertiary/aromatic N) is 2. The molecule has 0 bridgehead atoms. The van der Waals surface area contributed by atoms with Crippen LogP contribution in [0.25, 0.3) is 22.2 Å². The maximum absolute atomic E-state index is 12.6. The van der Waals surface area contributed by atoms with Crippen LogP contribution in [-0.4, -0.2) is 15.3 Å². The smallest absolute Gasteiger partial charge is 0.284 e. The second-order valence-electron chi connectivity index (χ2n) is 5.16. The van der Waals surface area contributed by atoms with E-state index in [2.05, 4.69) is 10.2 Å². The zero-order valence-corrected chi connectivity index (χ0v) is 13.4. The maximum atomic E-state index is 12.6. The summed E-state index contributed by atoms with van der Waals surface area (Å²) >= 11 is 0.948. The standard InChI is InChI=1S/C19H12N2O2S/c22-18(16-12-6-10-13-7-4-5-11-15(13)16)24-19-21-20-17(23-19)14-8-2-1-3-9-14/h1-12H. The van der Waals surface area contributed by atoms with Crippen molar-refractivity contribution < 1.29 is 9.21 Å². The number of fused-ring (bicyclic) bond motifs is 1. The van der Waals surface area contributed by atoms with Crippen LogP contribution in [0.2, 0.25) is 0 Å². The number of rotatable bonds is 3. The topological polar surface area (TPSA) is 56.0 Å². The molecule has 0 spiro atoms. The Balaban J connectivity index is 1.61. The summed E-state index contributed by atoms with van der Waals surface area (Å²) in [7, 11) is 0. The molecule has 0 saturated heterocycles. The van der Waals surface area contributed by atoms with Crippen molar-refractivity contribution in [3.05, 3.63) is 78.4 Å². The van der Waals surface area contributed by atoms with Crippen molar-refractivity contribution in [1.29, 1.82) is 0 Å². The molecule has 24 heavy (non-hydrogen) atoms. The van der Waals surface area contributed by atoms with Crippen molar-refractivity contribution in [2.45, 2.75) is 5.22 Å². The van der Waals surface area contributed by atoms with Crippen LogP contribution in [0.1, 0.15) is 10.4 Å². The molecular weight excluding hydrogens is 320 g/mol. The number of thioether (sulfide) groups is 1. The summed E-state index contributed by atoms with van der Waals surface area (Å²) < 4.78 is 5.59. The van der Waals surface area contributed by atoms with Gasteiger partial charge in [-0.3, -0.25) is 4.79 Å². The molecule has 0 aliphatic carbocycles. The van der Waals surface area contributed by atoms with Crippen molar-refractivity contribution >= 4 is 27.6 Å². The first-order valence-electron chi connectivity index (χ1n) is 7.40. The lowest BCUT2D eigenvalue weighted by atomic mass is 10.1. The minimum atomic E-state index is -0.116. The molecule has 0 aliphatic heterocycles. The Kier molecular flexibility index (Phi) is 3.84. The van der Waals surface area contributed by atoms with Gasteiger partial charge in [0.2, 0.25) is 11.0 Å². The molecular formula is C19H12N2O2S. The zero-order valence-electron chi connectivity index (χ0n) is 12.5. The average Bonchev–Trinajstić information content (AvgIpc) is 3.10. The van der Waals surface area contributed by atoms with Gasteiger partial charge in [-0.2, -0.15) is 0 Å². The van der Waals surface area contributed by atoms with E-state index in [1.807, 2.05) is 72.8 Å². The van der Waals surface area contributed by atoms with Crippen molar-refractivity contribution in [3.8, 4) is 11.5 Å². The largest absolute Gasteiger partial charge is 0.411 e. The Morgan fingerprint density at radius 3 is 2.46 bits per heavy atom. The predicted octanol–water partition coefficient (Wildman–Crippen LogP) is 4.82. The number of carbonyl (C=O) groups is 1. The lowest BCUT2D eigenvalue weighted by Crippen LogP contribution is -1.94. The SMILES string of the molecule is O=C(Sc1nnc(-c2ccccc2)o1)c1cccc2ccccc12. The highest BCUT2D eigenvalue weighted by Crippen LogP contribution is 2.28. The summed E-state index contributed by atoms with van der Waals surface area (Å²) in [6.07, 6.45) is 0. The molecule has 1 aromatic heterocycles. The third kappa shape index (κ3) is 2.81. The average molecular weight is 332 g/mol. The van der Waals surface area contributed by atoms with Crippen molar-refractivity contribution in [1.82, 2.24) is 10.2 Å². The highest BCUT2D eigenvalue weighted by molar-refractivity contribution is 8.14. The Hall–Kier alpha value is -2.92. The van der Waals surface area contributed by atoms with Gasteiger partial charge in [-0.1, -0.05) is 54.6 Å². The number of hydrogen-bond donors (Lipinski definition) is 0. The summed E-state index contributed by atoms with van der Waals surface area (Å²) in [4.78, 5) is 12.6. The van der Waals surface area contributed by atoms with E-state index in [0.717, 1.165) is 28.1 Å². The van der Waals surface area contributed by atoms with Crippen molar-refractivity contribution in [2.24, 2.45) is 0 Å². The van der Waals surface area contributed by atoms with Crippen molar-refractivity contribution in [3.63, 3.8) is 0 Å².